The molecular weight excluding hydrogens is 356 g/mol. The number of nitrogens with zero attached hydrogens (tertiary/aromatic N) is 2. The van der Waals surface area contributed by atoms with E-state index in [9.17, 15) is 10.1 Å². The lowest BCUT2D eigenvalue weighted by atomic mass is 10.1. The lowest BCUT2D eigenvalue weighted by Crippen LogP contribution is -2.41. The van der Waals surface area contributed by atoms with E-state index in [1.807, 2.05) is 45.0 Å². The molecule has 1 heterocycles. The van der Waals surface area contributed by atoms with Crippen LogP contribution in [0.25, 0.3) is 10.9 Å². The number of aromatic nitrogens is 1. The fourth-order valence-electron chi connectivity index (χ4n) is 2.51. The zero-order valence-corrected chi connectivity index (χ0v) is 18.6. The lowest BCUT2D eigenvalue weighted by molar-refractivity contribution is 0.0544. The average molecular weight is 387 g/mol. The first-order valence-corrected chi connectivity index (χ1v) is 12.1. The Hall–Kier alpha value is -2.10. The maximum atomic E-state index is 12.7. The second kappa shape index (κ2) is 7.14. The predicted molar refractivity (Wildman–Crippen MR) is 110 cm³/mol. The van der Waals surface area contributed by atoms with E-state index in [1.165, 1.54) is 4.57 Å². The molecular formula is C21H30N2O3Si. The Balaban J connectivity index is 2.53. The van der Waals surface area contributed by atoms with Crippen molar-refractivity contribution in [2.45, 2.75) is 71.4 Å². The van der Waals surface area contributed by atoms with Gasteiger partial charge in [0.15, 0.2) is 14.4 Å². The molecule has 0 spiro atoms. The van der Waals surface area contributed by atoms with E-state index in [0.29, 0.717) is 11.1 Å². The molecule has 0 N–H and O–H groups in total. The SMILES string of the molecule is CC(C)(C)OC(=O)n1cc(C(C#N)O[Si](C)(C)C(C)(C)C)c2ccccc21. The van der Waals surface area contributed by atoms with Crippen molar-refractivity contribution in [1.82, 2.24) is 4.57 Å². The summed E-state index contributed by atoms with van der Waals surface area (Å²) in [5.41, 5.74) is 0.805. The van der Waals surface area contributed by atoms with Crippen molar-refractivity contribution in [3.05, 3.63) is 36.0 Å². The van der Waals surface area contributed by atoms with Gasteiger partial charge in [0, 0.05) is 17.1 Å². The molecule has 0 aliphatic carbocycles. The zero-order chi connectivity index (χ0) is 20.6. The topological polar surface area (TPSA) is 64.2 Å². The minimum absolute atomic E-state index is 0.0222. The zero-order valence-electron chi connectivity index (χ0n) is 17.6. The molecule has 0 amide bonds. The van der Waals surface area contributed by atoms with Gasteiger partial charge in [0.05, 0.1) is 11.6 Å². The van der Waals surface area contributed by atoms with Crippen LogP contribution in [-0.2, 0) is 9.16 Å². The fourth-order valence-corrected chi connectivity index (χ4v) is 3.63. The number of fused-ring (bicyclic) bond motifs is 1. The minimum Gasteiger partial charge on any atom is -0.443 e. The predicted octanol–water partition coefficient (Wildman–Crippen LogP) is 6.01. The van der Waals surface area contributed by atoms with Gasteiger partial charge in [-0.05, 0) is 45.0 Å². The molecule has 1 atom stereocenters. The Kier molecular flexibility index (Phi) is 5.60. The van der Waals surface area contributed by atoms with Gasteiger partial charge in [-0.2, -0.15) is 5.26 Å². The van der Waals surface area contributed by atoms with Gasteiger partial charge < -0.3 is 9.16 Å². The highest BCUT2D eigenvalue weighted by Gasteiger charge is 2.40. The molecule has 0 saturated carbocycles. The van der Waals surface area contributed by atoms with Crippen molar-refractivity contribution in [3.63, 3.8) is 0 Å². The van der Waals surface area contributed by atoms with Gasteiger partial charge in [-0.25, -0.2) is 4.79 Å². The van der Waals surface area contributed by atoms with Crippen LogP contribution in [0.4, 0.5) is 4.79 Å². The maximum absolute atomic E-state index is 12.7. The summed E-state index contributed by atoms with van der Waals surface area (Å²) in [7, 11) is -2.16. The van der Waals surface area contributed by atoms with Crippen molar-refractivity contribution >= 4 is 25.3 Å². The highest BCUT2D eigenvalue weighted by molar-refractivity contribution is 6.74. The molecule has 2 rings (SSSR count). The van der Waals surface area contributed by atoms with Crippen LogP contribution in [0, 0.1) is 11.3 Å². The molecule has 2 aromatic rings. The molecule has 0 aliphatic heterocycles. The molecule has 1 unspecified atom stereocenters. The number of carbonyl (C=O) groups excluding carboxylic acids is 1. The highest BCUT2D eigenvalue weighted by atomic mass is 28.4. The number of benzene rings is 1. The fraction of sp³-hybridized carbons (Fsp3) is 0.524. The molecule has 1 aromatic heterocycles. The first-order chi connectivity index (χ1) is 12.3. The van der Waals surface area contributed by atoms with Crippen LogP contribution in [0.2, 0.25) is 18.1 Å². The molecule has 0 aliphatic rings. The second-order valence-electron chi connectivity index (χ2n) is 9.34. The van der Waals surface area contributed by atoms with Crippen LogP contribution >= 0.6 is 0 Å². The van der Waals surface area contributed by atoms with Gasteiger partial charge in [-0.15, -0.1) is 0 Å². The smallest absolute Gasteiger partial charge is 0.419 e. The van der Waals surface area contributed by atoms with Gasteiger partial charge in [0.1, 0.15) is 5.60 Å². The molecule has 0 bridgehead atoms. The largest absolute Gasteiger partial charge is 0.443 e. The third-order valence-corrected chi connectivity index (χ3v) is 9.39. The van der Waals surface area contributed by atoms with E-state index in [-0.39, 0.29) is 5.04 Å². The Morgan fingerprint density at radius 2 is 1.74 bits per heavy atom. The van der Waals surface area contributed by atoms with E-state index < -0.39 is 26.1 Å². The molecule has 0 saturated heterocycles. The monoisotopic (exact) mass is 386 g/mol. The molecule has 6 heteroatoms. The van der Waals surface area contributed by atoms with Crippen LogP contribution in [0.5, 0.6) is 0 Å². The van der Waals surface area contributed by atoms with Gasteiger partial charge >= 0.3 is 6.09 Å². The molecule has 1 aromatic carbocycles. The third kappa shape index (κ3) is 4.60. The van der Waals surface area contributed by atoms with Crippen LogP contribution in [0.3, 0.4) is 0 Å². The molecule has 0 radical (unpaired) electrons. The van der Waals surface area contributed by atoms with Gasteiger partial charge in [0.2, 0.25) is 0 Å². The molecule has 5 nitrogen and oxygen atoms in total. The number of hydrogen-bond acceptors (Lipinski definition) is 4. The van der Waals surface area contributed by atoms with Crippen LogP contribution in [-0.4, -0.2) is 24.6 Å². The van der Waals surface area contributed by atoms with Crippen LogP contribution in [0.15, 0.2) is 30.5 Å². The minimum atomic E-state index is -2.16. The summed E-state index contributed by atoms with van der Waals surface area (Å²) in [6.07, 6.45) is 0.480. The maximum Gasteiger partial charge on any atom is 0.419 e. The number of para-hydroxylation sites is 1. The summed E-state index contributed by atoms with van der Waals surface area (Å²) in [6, 6.07) is 9.80. The van der Waals surface area contributed by atoms with Crippen LogP contribution < -0.4 is 0 Å². The third-order valence-electron chi connectivity index (χ3n) is 4.95. The average Bonchev–Trinajstić information content (AvgIpc) is 2.89. The van der Waals surface area contributed by atoms with Crippen molar-refractivity contribution in [2.24, 2.45) is 0 Å². The standard InChI is InChI=1S/C21H30N2O3Si/c1-20(2,3)25-19(24)23-14-16(15-11-9-10-12-17(15)23)18(13-22)26-27(7,8)21(4,5)6/h9-12,14,18H,1-8H3. The highest BCUT2D eigenvalue weighted by Crippen LogP contribution is 2.40. The number of hydrogen-bond donors (Lipinski definition) is 0. The Bertz CT molecular complexity index is 879. The Morgan fingerprint density at radius 1 is 1.15 bits per heavy atom. The molecule has 0 fully saturated rings. The summed E-state index contributed by atoms with van der Waals surface area (Å²) in [6.45, 7) is 16.1. The summed E-state index contributed by atoms with van der Waals surface area (Å²) < 4.78 is 13.3. The summed E-state index contributed by atoms with van der Waals surface area (Å²) in [5.74, 6) is 0. The van der Waals surface area contributed by atoms with E-state index in [2.05, 4.69) is 39.9 Å². The van der Waals surface area contributed by atoms with Crippen molar-refractivity contribution in [1.29, 1.82) is 5.26 Å². The van der Waals surface area contributed by atoms with Gasteiger partial charge in [-0.3, -0.25) is 4.57 Å². The Labute approximate surface area is 163 Å². The summed E-state index contributed by atoms with van der Waals surface area (Å²) in [5, 5.41) is 10.6. The Morgan fingerprint density at radius 3 is 2.26 bits per heavy atom. The van der Waals surface area contributed by atoms with Crippen molar-refractivity contribution in [2.75, 3.05) is 0 Å². The lowest BCUT2D eigenvalue weighted by Gasteiger charge is -2.37. The van der Waals surface area contributed by atoms with E-state index in [0.717, 1.165) is 5.39 Å². The first-order valence-electron chi connectivity index (χ1n) is 9.17. The van der Waals surface area contributed by atoms with Crippen LogP contribution in [0.1, 0.15) is 53.2 Å². The number of nitriles is 1. The van der Waals surface area contributed by atoms with E-state index >= 15 is 0 Å². The van der Waals surface area contributed by atoms with Crippen molar-refractivity contribution in [3.8, 4) is 6.07 Å². The quantitative estimate of drug-likeness (QED) is 0.606. The normalized spacial score (nSPS) is 14.0. The number of carbonyl (C=O) groups is 1. The van der Waals surface area contributed by atoms with Gasteiger partial charge in [-0.1, -0.05) is 39.0 Å². The molecule has 27 heavy (non-hydrogen) atoms. The number of ether oxygens (including phenoxy) is 1. The van der Waals surface area contributed by atoms with E-state index in [1.54, 1.807) is 6.20 Å². The van der Waals surface area contributed by atoms with Gasteiger partial charge in [0.25, 0.3) is 0 Å². The second-order valence-corrected chi connectivity index (χ2v) is 14.1. The van der Waals surface area contributed by atoms with Crippen molar-refractivity contribution < 1.29 is 14.0 Å². The first kappa shape index (κ1) is 21.2. The summed E-state index contributed by atoms with van der Waals surface area (Å²) in [4.78, 5) is 12.7. The number of rotatable bonds is 3. The van der Waals surface area contributed by atoms with E-state index in [4.69, 9.17) is 9.16 Å². The molecule has 146 valence electrons. The summed E-state index contributed by atoms with van der Waals surface area (Å²) >= 11 is 0.